The highest BCUT2D eigenvalue weighted by Crippen LogP contribution is 2.24. The molecule has 2 aromatic carbocycles. The zero-order valence-corrected chi connectivity index (χ0v) is 11.5. The smallest absolute Gasteiger partial charge is 0.124 e. The molecule has 0 spiro atoms. The minimum Gasteiger partial charge on any atom is -0.489 e. The van der Waals surface area contributed by atoms with Crippen LogP contribution in [0.4, 0.5) is 4.39 Å². The molecule has 5 heteroatoms. The van der Waals surface area contributed by atoms with Gasteiger partial charge in [-0.2, -0.15) is 0 Å². The topological polar surface area (TPSA) is 35.2 Å². The van der Waals surface area contributed by atoms with E-state index < -0.39 is 0 Å². The van der Waals surface area contributed by atoms with Gasteiger partial charge in [0.05, 0.1) is 10.0 Å². The van der Waals surface area contributed by atoms with Gasteiger partial charge < -0.3 is 10.5 Å². The average Bonchev–Trinajstić information content (AvgIpc) is 2.41. The van der Waals surface area contributed by atoms with Gasteiger partial charge in [-0.25, -0.2) is 4.39 Å². The minimum absolute atomic E-state index is 0.217. The predicted octanol–water partition coefficient (Wildman–Crippen LogP) is 4.17. The van der Waals surface area contributed by atoms with Crippen molar-refractivity contribution in [1.29, 1.82) is 0 Å². The van der Waals surface area contributed by atoms with Crippen LogP contribution >= 0.6 is 23.2 Å². The third-order valence-electron chi connectivity index (χ3n) is 2.62. The molecule has 0 saturated carbocycles. The normalized spacial score (nSPS) is 10.5. The van der Waals surface area contributed by atoms with Crippen LogP contribution in [0, 0.1) is 5.82 Å². The van der Waals surface area contributed by atoms with Crippen LogP contribution in [-0.2, 0) is 13.2 Å². The molecule has 0 saturated heterocycles. The third kappa shape index (κ3) is 3.60. The third-order valence-corrected chi connectivity index (χ3v) is 3.36. The van der Waals surface area contributed by atoms with Gasteiger partial charge in [-0.1, -0.05) is 29.3 Å². The second-order valence-corrected chi connectivity index (χ2v) is 4.81. The second kappa shape index (κ2) is 6.24. The maximum atomic E-state index is 13.1. The van der Waals surface area contributed by atoms with Crippen molar-refractivity contribution in [3.63, 3.8) is 0 Å². The zero-order valence-electron chi connectivity index (χ0n) is 10.00. The minimum atomic E-state index is -0.331. The summed E-state index contributed by atoms with van der Waals surface area (Å²) in [6.45, 7) is 0.532. The summed E-state index contributed by atoms with van der Waals surface area (Å²) >= 11 is 11.7. The number of hydrogen-bond donors (Lipinski definition) is 1. The molecule has 2 N–H and O–H groups in total. The van der Waals surface area contributed by atoms with Gasteiger partial charge in [0, 0.05) is 12.1 Å². The van der Waals surface area contributed by atoms with Crippen molar-refractivity contribution in [2.75, 3.05) is 0 Å². The average molecular weight is 300 g/mol. The van der Waals surface area contributed by atoms with E-state index in [1.807, 2.05) is 6.07 Å². The molecule has 19 heavy (non-hydrogen) atoms. The van der Waals surface area contributed by atoms with Crippen LogP contribution < -0.4 is 10.5 Å². The number of hydrogen-bond acceptors (Lipinski definition) is 2. The Hall–Kier alpha value is -1.29. The molecule has 0 atom stereocenters. The summed E-state index contributed by atoms with van der Waals surface area (Å²) in [5, 5.41) is 0.968. The van der Waals surface area contributed by atoms with Crippen LogP contribution in [0.3, 0.4) is 0 Å². The van der Waals surface area contributed by atoms with Crippen LogP contribution in [-0.4, -0.2) is 0 Å². The summed E-state index contributed by atoms with van der Waals surface area (Å²) in [6, 6.07) is 9.52. The number of rotatable bonds is 4. The van der Waals surface area contributed by atoms with Crippen LogP contribution in [0.1, 0.15) is 11.1 Å². The SMILES string of the molecule is NCc1cc(F)ccc1OCc1ccc(Cl)c(Cl)c1. The Kier molecular flexibility index (Phi) is 4.64. The van der Waals surface area contributed by atoms with Crippen LogP contribution in [0.2, 0.25) is 10.0 Å². The Morgan fingerprint density at radius 2 is 1.84 bits per heavy atom. The Balaban J connectivity index is 2.12. The lowest BCUT2D eigenvalue weighted by molar-refractivity contribution is 0.302. The van der Waals surface area contributed by atoms with Crippen LogP contribution in [0.25, 0.3) is 0 Å². The van der Waals surface area contributed by atoms with Crippen molar-refractivity contribution in [2.45, 2.75) is 13.2 Å². The van der Waals surface area contributed by atoms with Gasteiger partial charge in [0.15, 0.2) is 0 Å². The van der Waals surface area contributed by atoms with Crippen molar-refractivity contribution in [1.82, 2.24) is 0 Å². The predicted molar refractivity (Wildman–Crippen MR) is 75.1 cm³/mol. The summed E-state index contributed by atoms with van der Waals surface area (Å²) in [5.74, 6) is 0.234. The van der Waals surface area contributed by atoms with E-state index in [0.29, 0.717) is 28.0 Å². The first-order chi connectivity index (χ1) is 9.10. The molecule has 100 valence electrons. The monoisotopic (exact) mass is 299 g/mol. The Labute approximate surface area is 120 Å². The van der Waals surface area contributed by atoms with Gasteiger partial charge >= 0.3 is 0 Å². The van der Waals surface area contributed by atoms with E-state index >= 15 is 0 Å². The fourth-order valence-electron chi connectivity index (χ4n) is 1.64. The van der Waals surface area contributed by atoms with E-state index in [1.54, 1.807) is 18.2 Å². The molecular weight excluding hydrogens is 288 g/mol. The zero-order chi connectivity index (χ0) is 13.8. The molecule has 0 radical (unpaired) electrons. The molecule has 0 aliphatic heterocycles. The van der Waals surface area contributed by atoms with Crippen LogP contribution in [0.5, 0.6) is 5.75 Å². The molecule has 0 aliphatic carbocycles. The molecule has 0 heterocycles. The Bertz CT molecular complexity index is 590. The van der Waals surface area contributed by atoms with Crippen molar-refractivity contribution < 1.29 is 9.13 Å². The van der Waals surface area contributed by atoms with E-state index in [1.165, 1.54) is 12.1 Å². The van der Waals surface area contributed by atoms with E-state index in [0.717, 1.165) is 5.56 Å². The van der Waals surface area contributed by atoms with E-state index in [9.17, 15) is 4.39 Å². The molecule has 0 fully saturated rings. The lowest BCUT2D eigenvalue weighted by atomic mass is 10.2. The van der Waals surface area contributed by atoms with Gasteiger partial charge in [0.2, 0.25) is 0 Å². The first-order valence-electron chi connectivity index (χ1n) is 5.65. The van der Waals surface area contributed by atoms with Gasteiger partial charge in [0.25, 0.3) is 0 Å². The Morgan fingerprint density at radius 3 is 2.53 bits per heavy atom. The van der Waals surface area contributed by atoms with Gasteiger partial charge in [-0.15, -0.1) is 0 Å². The molecule has 0 bridgehead atoms. The summed E-state index contributed by atoms with van der Waals surface area (Å²) in [5.41, 5.74) is 7.05. The van der Waals surface area contributed by atoms with Crippen molar-refractivity contribution in [2.24, 2.45) is 5.73 Å². The maximum Gasteiger partial charge on any atom is 0.124 e. The lowest BCUT2D eigenvalue weighted by Gasteiger charge is -2.11. The van der Waals surface area contributed by atoms with E-state index in [2.05, 4.69) is 0 Å². The van der Waals surface area contributed by atoms with Crippen LogP contribution in [0.15, 0.2) is 36.4 Å². The molecular formula is C14H12Cl2FNO. The summed E-state index contributed by atoms with van der Waals surface area (Å²) in [6.07, 6.45) is 0. The number of halogens is 3. The first-order valence-corrected chi connectivity index (χ1v) is 6.41. The molecule has 0 amide bonds. The molecule has 0 unspecified atom stereocenters. The highest BCUT2D eigenvalue weighted by atomic mass is 35.5. The van der Waals surface area contributed by atoms with Gasteiger partial charge in [0.1, 0.15) is 18.2 Å². The standard InChI is InChI=1S/C14H12Cl2FNO/c15-12-3-1-9(5-13(12)16)8-19-14-4-2-11(17)6-10(14)7-18/h1-6H,7-8,18H2. The summed E-state index contributed by atoms with van der Waals surface area (Å²) < 4.78 is 18.7. The maximum absolute atomic E-state index is 13.1. The number of nitrogens with two attached hydrogens (primary N) is 1. The molecule has 2 aromatic rings. The number of ether oxygens (including phenoxy) is 1. The second-order valence-electron chi connectivity index (χ2n) is 3.99. The van der Waals surface area contributed by atoms with Gasteiger partial charge in [-0.05, 0) is 35.9 Å². The highest BCUT2D eigenvalue weighted by molar-refractivity contribution is 6.42. The molecule has 0 aliphatic rings. The quantitative estimate of drug-likeness (QED) is 0.919. The molecule has 2 rings (SSSR count). The van der Waals surface area contributed by atoms with Crippen molar-refractivity contribution in [3.05, 3.63) is 63.4 Å². The largest absolute Gasteiger partial charge is 0.489 e. The lowest BCUT2D eigenvalue weighted by Crippen LogP contribution is -2.03. The molecule has 2 nitrogen and oxygen atoms in total. The summed E-state index contributed by atoms with van der Waals surface area (Å²) in [7, 11) is 0. The summed E-state index contributed by atoms with van der Waals surface area (Å²) in [4.78, 5) is 0. The highest BCUT2D eigenvalue weighted by Gasteiger charge is 2.05. The van der Waals surface area contributed by atoms with E-state index in [4.69, 9.17) is 33.7 Å². The Morgan fingerprint density at radius 1 is 1.05 bits per heavy atom. The first kappa shape index (κ1) is 14.1. The molecule has 0 aromatic heterocycles. The van der Waals surface area contributed by atoms with Crippen molar-refractivity contribution >= 4 is 23.2 Å². The van der Waals surface area contributed by atoms with E-state index in [-0.39, 0.29) is 12.4 Å². The fourth-order valence-corrected chi connectivity index (χ4v) is 1.96. The fraction of sp³-hybridized carbons (Fsp3) is 0.143. The van der Waals surface area contributed by atoms with Gasteiger partial charge in [-0.3, -0.25) is 0 Å². The number of benzene rings is 2. The van der Waals surface area contributed by atoms with Crippen molar-refractivity contribution in [3.8, 4) is 5.75 Å².